The second kappa shape index (κ2) is 7.25. The number of nitriles is 1. The molecule has 1 aromatic rings. The first-order valence-corrected chi connectivity index (χ1v) is 5.54. The molecule has 0 saturated heterocycles. The Hall–Kier alpha value is -2.06. The molecule has 0 amide bonds. The van der Waals surface area contributed by atoms with Crippen LogP contribution < -0.4 is 16.6 Å². The van der Waals surface area contributed by atoms with Crippen LogP contribution in [0.15, 0.2) is 29.3 Å². The molecule has 1 aromatic carbocycles. The van der Waals surface area contributed by atoms with Crippen molar-refractivity contribution in [2.24, 2.45) is 10.8 Å². The van der Waals surface area contributed by atoms with Crippen molar-refractivity contribution < 1.29 is 0 Å². The maximum Gasteiger partial charge on any atom is 0.206 e. The van der Waals surface area contributed by atoms with Gasteiger partial charge >= 0.3 is 0 Å². The van der Waals surface area contributed by atoms with Crippen LogP contribution in [0.25, 0.3) is 0 Å². The van der Waals surface area contributed by atoms with Gasteiger partial charge in [0.2, 0.25) is 5.96 Å². The van der Waals surface area contributed by atoms with Gasteiger partial charge in [-0.05, 0) is 24.1 Å². The van der Waals surface area contributed by atoms with Crippen molar-refractivity contribution in [3.8, 4) is 6.07 Å². The summed E-state index contributed by atoms with van der Waals surface area (Å²) >= 11 is 0. The second-order valence-electron chi connectivity index (χ2n) is 3.54. The molecule has 0 aliphatic carbocycles. The Kier molecular flexibility index (Phi) is 5.55. The van der Waals surface area contributed by atoms with Gasteiger partial charge in [-0.15, -0.1) is 0 Å². The van der Waals surface area contributed by atoms with Crippen LogP contribution >= 0.6 is 0 Å². The number of benzene rings is 1. The molecule has 0 radical (unpaired) electrons. The molecule has 0 spiro atoms. The van der Waals surface area contributed by atoms with Crippen LogP contribution in [0.2, 0.25) is 0 Å². The Morgan fingerprint density at radius 1 is 1.41 bits per heavy atom. The summed E-state index contributed by atoms with van der Waals surface area (Å²) in [5, 5.41) is 11.7. The number of guanidine groups is 1. The van der Waals surface area contributed by atoms with Crippen molar-refractivity contribution in [3.63, 3.8) is 0 Å². The van der Waals surface area contributed by atoms with E-state index in [1.54, 1.807) is 12.1 Å². The summed E-state index contributed by atoms with van der Waals surface area (Å²) in [7, 11) is 0. The minimum atomic E-state index is 0.530. The summed E-state index contributed by atoms with van der Waals surface area (Å²) in [5.41, 5.74) is 4.21. The highest BCUT2D eigenvalue weighted by Crippen LogP contribution is 2.04. The maximum absolute atomic E-state index is 8.67. The van der Waals surface area contributed by atoms with E-state index in [2.05, 4.69) is 28.7 Å². The van der Waals surface area contributed by atoms with Crippen LogP contribution in [0.1, 0.15) is 24.5 Å². The van der Waals surface area contributed by atoms with Gasteiger partial charge < -0.3 is 5.32 Å². The molecule has 5 nitrogen and oxygen atoms in total. The topological polar surface area (TPSA) is 86.2 Å². The van der Waals surface area contributed by atoms with Crippen LogP contribution in [-0.2, 0) is 6.54 Å². The lowest BCUT2D eigenvalue weighted by molar-refractivity contribution is 0.790. The first-order valence-electron chi connectivity index (χ1n) is 5.54. The third-order valence-corrected chi connectivity index (χ3v) is 2.18. The number of nitrogens with one attached hydrogen (secondary N) is 2. The predicted molar refractivity (Wildman–Crippen MR) is 67.9 cm³/mol. The average molecular weight is 231 g/mol. The molecule has 17 heavy (non-hydrogen) atoms. The van der Waals surface area contributed by atoms with E-state index in [1.807, 2.05) is 12.1 Å². The first kappa shape index (κ1) is 13.0. The normalized spacial score (nSPS) is 10.8. The second-order valence-corrected chi connectivity index (χ2v) is 3.54. The molecule has 0 aliphatic heterocycles. The van der Waals surface area contributed by atoms with E-state index in [1.165, 1.54) is 0 Å². The third kappa shape index (κ3) is 4.53. The van der Waals surface area contributed by atoms with Gasteiger partial charge in [-0.2, -0.15) is 5.26 Å². The van der Waals surface area contributed by atoms with Crippen molar-refractivity contribution in [1.82, 2.24) is 10.7 Å². The summed E-state index contributed by atoms with van der Waals surface area (Å²) < 4.78 is 0. The lowest BCUT2D eigenvalue weighted by atomic mass is 10.1. The Labute approximate surface area is 101 Å². The molecule has 0 bridgehead atoms. The summed E-state index contributed by atoms with van der Waals surface area (Å²) in [4.78, 5) is 4.29. The molecular formula is C12H17N5. The molecule has 5 heteroatoms. The van der Waals surface area contributed by atoms with Crippen molar-refractivity contribution in [1.29, 1.82) is 5.26 Å². The highest BCUT2D eigenvalue weighted by atomic mass is 15.3. The number of aliphatic imine (C=N–C) groups is 1. The molecule has 90 valence electrons. The monoisotopic (exact) mass is 231 g/mol. The molecule has 1 rings (SSSR count). The van der Waals surface area contributed by atoms with Crippen molar-refractivity contribution >= 4 is 5.96 Å². The molecule has 0 atom stereocenters. The maximum atomic E-state index is 8.67. The quantitative estimate of drug-likeness (QED) is 0.311. The molecule has 0 heterocycles. The number of hydrazine groups is 1. The zero-order chi connectivity index (χ0) is 12.5. The Morgan fingerprint density at radius 3 is 2.65 bits per heavy atom. The Balaban J connectivity index is 2.57. The minimum absolute atomic E-state index is 0.530. The van der Waals surface area contributed by atoms with Crippen LogP contribution in [0.3, 0.4) is 0 Å². The van der Waals surface area contributed by atoms with Gasteiger partial charge in [0.15, 0.2) is 0 Å². The highest BCUT2D eigenvalue weighted by Gasteiger charge is 1.96. The van der Waals surface area contributed by atoms with E-state index in [9.17, 15) is 0 Å². The molecular weight excluding hydrogens is 214 g/mol. The van der Waals surface area contributed by atoms with Gasteiger partial charge in [0.05, 0.1) is 18.2 Å². The standard InChI is InChI=1S/C12H17N5/c1-2-7-15-12(17-14)16-9-11-5-3-10(8-13)4-6-11/h3-6H,2,7,9,14H2,1H3,(H2,15,16,17). The van der Waals surface area contributed by atoms with Gasteiger partial charge in [0.1, 0.15) is 0 Å². The summed E-state index contributed by atoms with van der Waals surface area (Å²) in [5.74, 6) is 5.92. The lowest BCUT2D eigenvalue weighted by Crippen LogP contribution is -2.41. The van der Waals surface area contributed by atoms with E-state index >= 15 is 0 Å². The fourth-order valence-electron chi connectivity index (χ4n) is 1.25. The number of rotatable bonds is 4. The smallest absolute Gasteiger partial charge is 0.206 e. The molecule has 0 aromatic heterocycles. The van der Waals surface area contributed by atoms with Crippen molar-refractivity contribution in [3.05, 3.63) is 35.4 Å². The van der Waals surface area contributed by atoms with Crippen LogP contribution in [0.4, 0.5) is 0 Å². The van der Waals surface area contributed by atoms with Gasteiger partial charge in [0.25, 0.3) is 0 Å². The highest BCUT2D eigenvalue weighted by molar-refractivity contribution is 5.79. The predicted octanol–water partition coefficient (Wildman–Crippen LogP) is 0.877. The van der Waals surface area contributed by atoms with Gasteiger partial charge in [-0.3, -0.25) is 5.43 Å². The summed E-state index contributed by atoms with van der Waals surface area (Å²) in [6.07, 6.45) is 1.01. The minimum Gasteiger partial charge on any atom is -0.355 e. The summed E-state index contributed by atoms with van der Waals surface area (Å²) in [6.45, 7) is 3.43. The van der Waals surface area contributed by atoms with Gasteiger partial charge in [-0.1, -0.05) is 19.1 Å². The number of hydrogen-bond acceptors (Lipinski definition) is 3. The Bertz CT molecular complexity index is 402. The molecule has 0 aliphatic rings. The van der Waals surface area contributed by atoms with E-state index in [0.717, 1.165) is 18.5 Å². The van der Waals surface area contributed by atoms with E-state index in [0.29, 0.717) is 18.1 Å². The number of nitrogens with two attached hydrogens (primary N) is 1. The molecule has 0 fully saturated rings. The van der Waals surface area contributed by atoms with Crippen molar-refractivity contribution in [2.45, 2.75) is 19.9 Å². The van der Waals surface area contributed by atoms with Crippen molar-refractivity contribution in [2.75, 3.05) is 6.54 Å². The van der Waals surface area contributed by atoms with E-state index < -0.39 is 0 Å². The Morgan fingerprint density at radius 2 is 2.12 bits per heavy atom. The van der Waals surface area contributed by atoms with Crippen LogP contribution in [0.5, 0.6) is 0 Å². The van der Waals surface area contributed by atoms with E-state index in [-0.39, 0.29) is 0 Å². The first-order chi connectivity index (χ1) is 8.30. The average Bonchev–Trinajstić information content (AvgIpc) is 2.39. The van der Waals surface area contributed by atoms with Gasteiger partial charge in [-0.25, -0.2) is 10.8 Å². The number of nitrogens with zero attached hydrogens (tertiary/aromatic N) is 2. The molecule has 4 N–H and O–H groups in total. The fourth-order valence-corrected chi connectivity index (χ4v) is 1.25. The molecule has 0 unspecified atom stereocenters. The fraction of sp³-hybridized carbons (Fsp3) is 0.333. The third-order valence-electron chi connectivity index (χ3n) is 2.18. The van der Waals surface area contributed by atoms with Crippen LogP contribution in [0, 0.1) is 11.3 Å². The van der Waals surface area contributed by atoms with E-state index in [4.69, 9.17) is 11.1 Å². The largest absolute Gasteiger partial charge is 0.355 e. The zero-order valence-corrected chi connectivity index (χ0v) is 9.90. The lowest BCUT2D eigenvalue weighted by Gasteiger charge is -2.07. The van der Waals surface area contributed by atoms with Crippen LogP contribution in [-0.4, -0.2) is 12.5 Å². The molecule has 0 saturated carbocycles. The summed E-state index contributed by atoms with van der Waals surface area (Å²) in [6, 6.07) is 9.40. The SMILES string of the molecule is CCCNC(=NCc1ccc(C#N)cc1)NN. The van der Waals surface area contributed by atoms with Gasteiger partial charge in [0, 0.05) is 6.54 Å². The number of hydrogen-bond donors (Lipinski definition) is 3. The zero-order valence-electron chi connectivity index (χ0n) is 9.90.